The van der Waals surface area contributed by atoms with Gasteiger partial charge in [-0.1, -0.05) is 19.8 Å². The summed E-state index contributed by atoms with van der Waals surface area (Å²) in [5, 5.41) is 7.16. The molecule has 1 heterocycles. The summed E-state index contributed by atoms with van der Waals surface area (Å²) in [5.74, 6) is 1.71. The number of nitrogens with one attached hydrogen (secondary N) is 2. The quantitative estimate of drug-likeness (QED) is 0.614. The third-order valence-corrected chi connectivity index (χ3v) is 3.69. The topological polar surface area (TPSA) is 33.3 Å². The highest BCUT2D eigenvalue weighted by Crippen LogP contribution is 2.31. The van der Waals surface area contributed by atoms with Crippen LogP contribution in [0.3, 0.4) is 0 Å². The molecular weight excluding hydrogens is 200 g/mol. The molecule has 2 aliphatic rings. The molecule has 2 N–H and O–H groups in total. The van der Waals surface area contributed by atoms with E-state index in [0.29, 0.717) is 12.0 Å². The van der Waals surface area contributed by atoms with E-state index in [2.05, 4.69) is 17.6 Å². The lowest BCUT2D eigenvalue weighted by atomic mass is 10.0. The zero-order valence-electron chi connectivity index (χ0n) is 10.5. The van der Waals surface area contributed by atoms with E-state index < -0.39 is 0 Å². The molecule has 1 saturated carbocycles. The van der Waals surface area contributed by atoms with Gasteiger partial charge in [-0.3, -0.25) is 0 Å². The van der Waals surface area contributed by atoms with Gasteiger partial charge in [0.05, 0.1) is 13.2 Å². The van der Waals surface area contributed by atoms with Crippen LogP contribution in [0.5, 0.6) is 0 Å². The summed E-state index contributed by atoms with van der Waals surface area (Å²) >= 11 is 0. The molecule has 94 valence electrons. The molecule has 3 heteroatoms. The molecule has 16 heavy (non-hydrogen) atoms. The summed E-state index contributed by atoms with van der Waals surface area (Å²) in [6.07, 6.45) is 5.52. The van der Waals surface area contributed by atoms with Gasteiger partial charge in [-0.15, -0.1) is 0 Å². The first-order valence-electron chi connectivity index (χ1n) is 6.92. The first kappa shape index (κ1) is 12.3. The average molecular weight is 226 g/mol. The molecule has 0 aromatic rings. The molecule has 2 unspecified atom stereocenters. The van der Waals surface area contributed by atoms with Gasteiger partial charge in [-0.25, -0.2) is 0 Å². The highest BCUT2D eigenvalue weighted by atomic mass is 16.5. The summed E-state index contributed by atoms with van der Waals surface area (Å²) in [4.78, 5) is 0. The molecule has 0 bridgehead atoms. The molecule has 1 saturated heterocycles. The minimum atomic E-state index is 0.577. The molecule has 0 aromatic heterocycles. The van der Waals surface area contributed by atoms with Crippen LogP contribution < -0.4 is 10.6 Å². The smallest absolute Gasteiger partial charge is 0.0623 e. The maximum atomic E-state index is 5.55. The number of ether oxygens (including phenoxy) is 1. The second kappa shape index (κ2) is 6.58. The second-order valence-electron chi connectivity index (χ2n) is 5.29. The van der Waals surface area contributed by atoms with Crippen LogP contribution in [0.2, 0.25) is 0 Å². The van der Waals surface area contributed by atoms with E-state index in [4.69, 9.17) is 4.74 Å². The summed E-state index contributed by atoms with van der Waals surface area (Å²) in [7, 11) is 0. The van der Waals surface area contributed by atoms with E-state index in [1.54, 1.807) is 0 Å². The summed E-state index contributed by atoms with van der Waals surface area (Å²) in [6, 6.07) is 0.577. The van der Waals surface area contributed by atoms with Gasteiger partial charge in [0.2, 0.25) is 0 Å². The Morgan fingerprint density at radius 3 is 2.81 bits per heavy atom. The third-order valence-electron chi connectivity index (χ3n) is 3.69. The van der Waals surface area contributed by atoms with Gasteiger partial charge < -0.3 is 15.4 Å². The van der Waals surface area contributed by atoms with Crippen molar-refractivity contribution >= 4 is 0 Å². The van der Waals surface area contributed by atoms with Gasteiger partial charge in [0.1, 0.15) is 0 Å². The van der Waals surface area contributed by atoms with Crippen molar-refractivity contribution in [3.05, 3.63) is 0 Å². The maximum absolute atomic E-state index is 5.55. The molecule has 0 amide bonds. The van der Waals surface area contributed by atoms with Crippen molar-refractivity contribution in [2.75, 3.05) is 32.8 Å². The Kier molecular flexibility index (Phi) is 5.07. The molecule has 0 spiro atoms. The SMILES string of the molecule is CCCNC1COCC1CNCCC1CC1. The Morgan fingerprint density at radius 1 is 1.19 bits per heavy atom. The van der Waals surface area contributed by atoms with Crippen molar-refractivity contribution in [1.29, 1.82) is 0 Å². The second-order valence-corrected chi connectivity index (χ2v) is 5.29. The van der Waals surface area contributed by atoms with Crippen molar-refractivity contribution in [1.82, 2.24) is 10.6 Å². The van der Waals surface area contributed by atoms with Crippen molar-refractivity contribution in [2.24, 2.45) is 11.8 Å². The molecule has 2 atom stereocenters. The Balaban J connectivity index is 1.55. The monoisotopic (exact) mass is 226 g/mol. The van der Waals surface area contributed by atoms with Gasteiger partial charge in [0, 0.05) is 18.5 Å². The summed E-state index contributed by atoms with van der Waals surface area (Å²) in [5.41, 5.74) is 0. The van der Waals surface area contributed by atoms with E-state index in [1.165, 1.54) is 32.2 Å². The van der Waals surface area contributed by atoms with Gasteiger partial charge in [-0.2, -0.15) is 0 Å². The molecule has 1 aliphatic heterocycles. The minimum Gasteiger partial charge on any atom is -0.379 e. The highest BCUT2D eigenvalue weighted by molar-refractivity contribution is 4.83. The maximum Gasteiger partial charge on any atom is 0.0623 e. The molecule has 2 rings (SSSR count). The fraction of sp³-hybridized carbons (Fsp3) is 1.00. The fourth-order valence-corrected chi connectivity index (χ4v) is 2.36. The largest absolute Gasteiger partial charge is 0.379 e. The fourth-order valence-electron chi connectivity index (χ4n) is 2.36. The van der Waals surface area contributed by atoms with E-state index in [1.807, 2.05) is 0 Å². The van der Waals surface area contributed by atoms with Crippen molar-refractivity contribution in [3.63, 3.8) is 0 Å². The van der Waals surface area contributed by atoms with Crippen LogP contribution in [0, 0.1) is 11.8 Å². The van der Waals surface area contributed by atoms with E-state index in [-0.39, 0.29) is 0 Å². The van der Waals surface area contributed by atoms with Crippen LogP contribution >= 0.6 is 0 Å². The normalized spacial score (nSPS) is 29.8. The lowest BCUT2D eigenvalue weighted by molar-refractivity contribution is 0.182. The van der Waals surface area contributed by atoms with Gasteiger partial charge in [0.25, 0.3) is 0 Å². The van der Waals surface area contributed by atoms with Crippen LogP contribution in [-0.2, 0) is 4.74 Å². The van der Waals surface area contributed by atoms with E-state index in [0.717, 1.165) is 32.2 Å². The van der Waals surface area contributed by atoms with Gasteiger partial charge in [0.15, 0.2) is 0 Å². The summed E-state index contributed by atoms with van der Waals surface area (Å²) < 4.78 is 5.55. The Labute approximate surface area is 99.3 Å². The molecule has 0 radical (unpaired) electrons. The Hall–Kier alpha value is -0.120. The zero-order chi connectivity index (χ0) is 11.2. The van der Waals surface area contributed by atoms with Crippen molar-refractivity contribution in [2.45, 2.75) is 38.6 Å². The van der Waals surface area contributed by atoms with E-state index >= 15 is 0 Å². The van der Waals surface area contributed by atoms with Crippen LogP contribution in [0.1, 0.15) is 32.6 Å². The van der Waals surface area contributed by atoms with Crippen LogP contribution in [0.25, 0.3) is 0 Å². The van der Waals surface area contributed by atoms with Crippen LogP contribution in [-0.4, -0.2) is 38.9 Å². The first-order chi connectivity index (χ1) is 7.90. The van der Waals surface area contributed by atoms with Crippen molar-refractivity contribution < 1.29 is 4.74 Å². The van der Waals surface area contributed by atoms with Crippen LogP contribution in [0.4, 0.5) is 0 Å². The predicted molar refractivity (Wildman–Crippen MR) is 66.6 cm³/mol. The lowest BCUT2D eigenvalue weighted by Gasteiger charge is -2.19. The van der Waals surface area contributed by atoms with Gasteiger partial charge in [-0.05, 0) is 31.8 Å². The zero-order valence-corrected chi connectivity index (χ0v) is 10.5. The van der Waals surface area contributed by atoms with Gasteiger partial charge >= 0.3 is 0 Å². The molecule has 0 aromatic carbocycles. The lowest BCUT2D eigenvalue weighted by Crippen LogP contribution is -2.40. The van der Waals surface area contributed by atoms with Crippen molar-refractivity contribution in [3.8, 4) is 0 Å². The minimum absolute atomic E-state index is 0.577. The Morgan fingerprint density at radius 2 is 2.06 bits per heavy atom. The van der Waals surface area contributed by atoms with Crippen LogP contribution in [0.15, 0.2) is 0 Å². The average Bonchev–Trinajstić information content (AvgIpc) is 3.01. The summed E-state index contributed by atoms with van der Waals surface area (Å²) in [6.45, 7) is 7.47. The highest BCUT2D eigenvalue weighted by Gasteiger charge is 2.27. The predicted octanol–water partition coefficient (Wildman–Crippen LogP) is 1.39. The number of hydrogen-bond acceptors (Lipinski definition) is 3. The number of hydrogen-bond donors (Lipinski definition) is 2. The third kappa shape index (κ3) is 4.04. The Bertz CT molecular complexity index is 194. The number of rotatable bonds is 8. The molecule has 3 nitrogen and oxygen atoms in total. The molecular formula is C13H26N2O. The standard InChI is InChI=1S/C13H26N2O/c1-2-6-15-13-10-16-9-12(13)8-14-7-5-11-3-4-11/h11-15H,2-10H2,1H3. The first-order valence-corrected chi connectivity index (χ1v) is 6.92. The van der Waals surface area contributed by atoms with E-state index in [9.17, 15) is 0 Å². The molecule has 1 aliphatic carbocycles. The molecule has 2 fully saturated rings.